The number of aromatic amines is 1. The van der Waals surface area contributed by atoms with Crippen molar-refractivity contribution in [1.29, 1.82) is 0 Å². The fourth-order valence-electron chi connectivity index (χ4n) is 2.63. The lowest BCUT2D eigenvalue weighted by molar-refractivity contribution is 0.0950. The fraction of sp³-hybridized carbons (Fsp3) is 0.118. The van der Waals surface area contributed by atoms with Crippen molar-refractivity contribution in [2.75, 3.05) is 0 Å². The van der Waals surface area contributed by atoms with Crippen LogP contribution >= 0.6 is 0 Å². The molecular weight excluding hydrogens is 318 g/mol. The Morgan fingerprint density at radius 2 is 2.08 bits per heavy atom. The van der Waals surface area contributed by atoms with Crippen LogP contribution in [0.15, 0.2) is 48.5 Å². The molecule has 0 spiro atoms. The number of imidazole rings is 1. The Labute approximate surface area is 142 Å². The van der Waals surface area contributed by atoms with Crippen LogP contribution in [0, 0.1) is 0 Å². The molecule has 0 saturated carbocycles. The summed E-state index contributed by atoms with van der Waals surface area (Å²) in [5, 5.41) is 14.3. The van der Waals surface area contributed by atoms with Gasteiger partial charge in [-0.1, -0.05) is 24.3 Å². The third-order valence-electron chi connectivity index (χ3n) is 3.86. The highest BCUT2D eigenvalue weighted by Gasteiger charge is 2.11. The van der Waals surface area contributed by atoms with Gasteiger partial charge in [-0.2, -0.15) is 0 Å². The molecule has 2 heterocycles. The van der Waals surface area contributed by atoms with Crippen LogP contribution in [0.3, 0.4) is 0 Å². The Hall–Kier alpha value is -3.55. The quantitative estimate of drug-likeness (QED) is 0.592. The lowest BCUT2D eigenvalue weighted by Gasteiger charge is -2.05. The molecular formula is C17H15N7O. The Balaban J connectivity index is 1.50. The topological polar surface area (TPSA) is 101 Å². The summed E-state index contributed by atoms with van der Waals surface area (Å²) in [7, 11) is 1.75. The number of aryl methyl sites for hydroxylation is 1. The molecule has 0 bridgehead atoms. The summed E-state index contributed by atoms with van der Waals surface area (Å²) in [5.74, 6) is 1.13. The number of hydrogen-bond acceptors (Lipinski definition) is 5. The van der Waals surface area contributed by atoms with Gasteiger partial charge >= 0.3 is 0 Å². The van der Waals surface area contributed by atoms with Gasteiger partial charge in [-0.15, -0.1) is 5.10 Å². The van der Waals surface area contributed by atoms with E-state index in [2.05, 4.69) is 30.8 Å². The van der Waals surface area contributed by atoms with Crippen LogP contribution in [0.2, 0.25) is 0 Å². The molecule has 2 N–H and O–H groups in total. The van der Waals surface area contributed by atoms with Gasteiger partial charge in [0, 0.05) is 18.2 Å². The maximum atomic E-state index is 12.4. The summed E-state index contributed by atoms with van der Waals surface area (Å²) < 4.78 is 1.56. The zero-order valence-electron chi connectivity index (χ0n) is 13.5. The van der Waals surface area contributed by atoms with E-state index in [-0.39, 0.29) is 5.91 Å². The Morgan fingerprint density at radius 1 is 1.20 bits per heavy atom. The Morgan fingerprint density at radius 3 is 2.88 bits per heavy atom. The smallest absolute Gasteiger partial charge is 0.251 e. The van der Waals surface area contributed by atoms with Crippen molar-refractivity contribution in [2.24, 2.45) is 7.05 Å². The van der Waals surface area contributed by atoms with Gasteiger partial charge < -0.3 is 10.3 Å². The first kappa shape index (κ1) is 15.0. The second-order valence-electron chi connectivity index (χ2n) is 5.59. The number of tetrazole rings is 1. The summed E-state index contributed by atoms with van der Waals surface area (Å²) in [4.78, 5) is 20.1. The van der Waals surface area contributed by atoms with Crippen molar-refractivity contribution in [1.82, 2.24) is 35.5 Å². The second-order valence-corrected chi connectivity index (χ2v) is 5.59. The summed E-state index contributed by atoms with van der Waals surface area (Å²) >= 11 is 0. The fourth-order valence-corrected chi connectivity index (χ4v) is 2.63. The highest BCUT2D eigenvalue weighted by atomic mass is 16.1. The number of nitrogens with zero attached hydrogens (tertiary/aromatic N) is 5. The van der Waals surface area contributed by atoms with Gasteiger partial charge in [0.05, 0.1) is 17.6 Å². The average molecular weight is 333 g/mol. The second kappa shape index (κ2) is 6.16. The molecule has 0 aliphatic carbocycles. The number of carbonyl (C=O) groups excluding carboxylic acids is 1. The molecule has 4 rings (SSSR count). The number of hydrogen-bond donors (Lipinski definition) is 2. The third-order valence-corrected chi connectivity index (χ3v) is 3.86. The number of aromatic nitrogens is 6. The molecule has 1 amide bonds. The highest BCUT2D eigenvalue weighted by molar-refractivity contribution is 5.95. The van der Waals surface area contributed by atoms with Crippen molar-refractivity contribution in [3.8, 4) is 11.4 Å². The van der Waals surface area contributed by atoms with Crippen LogP contribution in [0.5, 0.6) is 0 Å². The first-order chi connectivity index (χ1) is 12.2. The van der Waals surface area contributed by atoms with Crippen LogP contribution in [0.4, 0.5) is 0 Å². The maximum Gasteiger partial charge on any atom is 0.251 e. The van der Waals surface area contributed by atoms with E-state index in [0.717, 1.165) is 16.6 Å². The number of benzene rings is 2. The molecule has 0 aliphatic heterocycles. The number of rotatable bonds is 4. The number of carbonyl (C=O) groups is 1. The normalized spacial score (nSPS) is 10.9. The predicted molar refractivity (Wildman–Crippen MR) is 91.5 cm³/mol. The molecule has 2 aromatic heterocycles. The summed E-state index contributed by atoms with van der Waals surface area (Å²) in [6.07, 6.45) is 0. The molecule has 124 valence electrons. The molecule has 0 saturated heterocycles. The lowest BCUT2D eigenvalue weighted by atomic mass is 10.1. The van der Waals surface area contributed by atoms with Crippen molar-refractivity contribution in [3.63, 3.8) is 0 Å². The highest BCUT2D eigenvalue weighted by Crippen LogP contribution is 2.16. The van der Waals surface area contributed by atoms with E-state index in [4.69, 9.17) is 0 Å². The van der Waals surface area contributed by atoms with E-state index < -0.39 is 0 Å². The largest absolute Gasteiger partial charge is 0.345 e. The molecule has 0 atom stereocenters. The SMILES string of the molecule is Cn1nnnc1-c1cccc(C(=O)NCc2nc3ccccc3[nH]2)c1. The van der Waals surface area contributed by atoms with Gasteiger partial charge in [0.15, 0.2) is 5.82 Å². The zero-order valence-corrected chi connectivity index (χ0v) is 13.5. The number of amides is 1. The summed E-state index contributed by atoms with van der Waals surface area (Å²) in [6.45, 7) is 0.323. The minimum Gasteiger partial charge on any atom is -0.345 e. The van der Waals surface area contributed by atoms with E-state index in [1.165, 1.54) is 0 Å². The molecule has 4 aromatic rings. The first-order valence-corrected chi connectivity index (χ1v) is 7.75. The van der Waals surface area contributed by atoms with Crippen molar-refractivity contribution in [2.45, 2.75) is 6.54 Å². The van der Waals surface area contributed by atoms with Crippen LogP contribution in [0.25, 0.3) is 22.4 Å². The molecule has 8 nitrogen and oxygen atoms in total. The minimum atomic E-state index is -0.183. The molecule has 0 radical (unpaired) electrons. The molecule has 2 aromatic carbocycles. The zero-order chi connectivity index (χ0) is 17.2. The van der Waals surface area contributed by atoms with Crippen LogP contribution < -0.4 is 5.32 Å². The predicted octanol–water partition coefficient (Wildman–Crippen LogP) is 1.68. The van der Waals surface area contributed by atoms with Gasteiger partial charge in [0.1, 0.15) is 5.82 Å². The first-order valence-electron chi connectivity index (χ1n) is 7.75. The van der Waals surface area contributed by atoms with Crippen LogP contribution in [0.1, 0.15) is 16.2 Å². The van der Waals surface area contributed by atoms with Crippen LogP contribution in [-0.2, 0) is 13.6 Å². The Kier molecular flexibility index (Phi) is 3.70. The van der Waals surface area contributed by atoms with Gasteiger partial charge in [-0.05, 0) is 34.7 Å². The van der Waals surface area contributed by atoms with Crippen LogP contribution in [-0.4, -0.2) is 36.1 Å². The monoisotopic (exact) mass is 333 g/mol. The molecule has 0 aliphatic rings. The Bertz CT molecular complexity index is 1020. The van der Waals surface area contributed by atoms with E-state index >= 15 is 0 Å². The minimum absolute atomic E-state index is 0.183. The number of para-hydroxylation sites is 2. The third kappa shape index (κ3) is 2.97. The maximum absolute atomic E-state index is 12.4. The van der Waals surface area contributed by atoms with E-state index in [1.807, 2.05) is 30.3 Å². The van der Waals surface area contributed by atoms with Gasteiger partial charge in [-0.3, -0.25) is 4.79 Å². The number of nitrogens with one attached hydrogen (secondary N) is 2. The average Bonchev–Trinajstić information content (AvgIpc) is 3.25. The van der Waals surface area contributed by atoms with Gasteiger partial charge in [0.25, 0.3) is 5.91 Å². The molecule has 25 heavy (non-hydrogen) atoms. The van der Waals surface area contributed by atoms with Crippen molar-refractivity contribution in [3.05, 3.63) is 59.9 Å². The van der Waals surface area contributed by atoms with Crippen molar-refractivity contribution >= 4 is 16.9 Å². The standard InChI is InChI=1S/C17H15N7O/c1-24-16(21-22-23-24)11-5-4-6-12(9-11)17(25)18-10-15-19-13-7-2-3-8-14(13)20-15/h2-9H,10H2,1H3,(H,18,25)(H,19,20). The lowest BCUT2D eigenvalue weighted by Crippen LogP contribution is -2.23. The van der Waals surface area contributed by atoms with Crippen molar-refractivity contribution < 1.29 is 4.79 Å². The number of H-pyrrole nitrogens is 1. The molecule has 8 heteroatoms. The number of fused-ring (bicyclic) bond motifs is 1. The summed E-state index contributed by atoms with van der Waals surface area (Å²) in [6, 6.07) is 14.9. The molecule has 0 unspecified atom stereocenters. The molecule has 0 fully saturated rings. The van der Waals surface area contributed by atoms with Gasteiger partial charge in [0.2, 0.25) is 0 Å². The van der Waals surface area contributed by atoms with E-state index in [1.54, 1.807) is 29.9 Å². The van der Waals surface area contributed by atoms with E-state index in [9.17, 15) is 4.79 Å². The summed E-state index contributed by atoms with van der Waals surface area (Å²) in [5.41, 5.74) is 3.15. The van der Waals surface area contributed by atoms with Gasteiger partial charge in [-0.25, -0.2) is 9.67 Å². The van der Waals surface area contributed by atoms with E-state index in [0.29, 0.717) is 23.8 Å².